The third-order valence-electron chi connectivity index (χ3n) is 4.69. The maximum atomic E-state index is 12.8. The monoisotopic (exact) mass is 395 g/mol. The minimum absolute atomic E-state index is 0.135. The molecule has 28 heavy (non-hydrogen) atoms. The third-order valence-corrected chi connectivity index (χ3v) is 4.93. The Morgan fingerprint density at radius 3 is 2.86 bits per heavy atom. The van der Waals surface area contributed by atoms with Gasteiger partial charge in [0, 0.05) is 22.8 Å². The second kappa shape index (κ2) is 7.82. The molecule has 0 radical (unpaired) electrons. The Labute approximate surface area is 166 Å². The molecule has 3 aromatic rings. The van der Waals surface area contributed by atoms with Crippen LogP contribution >= 0.6 is 11.6 Å². The van der Waals surface area contributed by atoms with E-state index in [1.54, 1.807) is 46.2 Å². The number of carbonyl (C=O) groups excluding carboxylic acids is 2. The number of amides is 2. The number of hydrogen-bond donors (Lipinski definition) is 1. The maximum Gasteiger partial charge on any atom is 0.252 e. The lowest BCUT2D eigenvalue weighted by molar-refractivity contribution is -0.118. The first-order valence-corrected chi connectivity index (χ1v) is 9.28. The van der Waals surface area contributed by atoms with Gasteiger partial charge in [-0.3, -0.25) is 9.59 Å². The van der Waals surface area contributed by atoms with Crippen molar-refractivity contribution in [3.63, 3.8) is 0 Å². The molecular formula is C20H18ClN5O2. The Bertz CT molecular complexity index is 1010. The van der Waals surface area contributed by atoms with E-state index in [9.17, 15) is 9.59 Å². The highest BCUT2D eigenvalue weighted by Gasteiger charge is 2.34. The number of anilines is 1. The normalized spacial score (nSPS) is 16.4. The van der Waals surface area contributed by atoms with Gasteiger partial charge in [0.2, 0.25) is 5.91 Å². The van der Waals surface area contributed by atoms with E-state index in [2.05, 4.69) is 15.4 Å². The third kappa shape index (κ3) is 3.75. The standard InChI is InChI=1S/C20H18ClN5O2/c21-15-5-3-6-16(10-15)26-9-8-18(20(26)28)24-19(27)17-7-2-1-4-14(17)11-25-13-22-12-23-25/h1-7,10,12-13,18H,8-9,11H2,(H,24,27). The minimum Gasteiger partial charge on any atom is -0.340 e. The zero-order chi connectivity index (χ0) is 19.5. The maximum absolute atomic E-state index is 12.8. The Hall–Kier alpha value is -3.19. The van der Waals surface area contributed by atoms with Crippen molar-refractivity contribution in [2.45, 2.75) is 19.0 Å². The molecule has 0 spiro atoms. The van der Waals surface area contributed by atoms with Crippen LogP contribution in [0.5, 0.6) is 0 Å². The van der Waals surface area contributed by atoms with Crippen LogP contribution in [0.3, 0.4) is 0 Å². The van der Waals surface area contributed by atoms with E-state index in [4.69, 9.17) is 11.6 Å². The van der Waals surface area contributed by atoms with Crippen LogP contribution in [0.4, 0.5) is 5.69 Å². The summed E-state index contributed by atoms with van der Waals surface area (Å²) in [6.45, 7) is 0.960. The first kappa shape index (κ1) is 18.2. The number of carbonyl (C=O) groups is 2. The fraction of sp³-hybridized carbons (Fsp3) is 0.200. The van der Waals surface area contributed by atoms with E-state index in [1.807, 2.05) is 18.2 Å². The molecule has 8 heteroatoms. The van der Waals surface area contributed by atoms with E-state index in [0.29, 0.717) is 30.1 Å². The van der Waals surface area contributed by atoms with Gasteiger partial charge in [-0.1, -0.05) is 35.9 Å². The van der Waals surface area contributed by atoms with Crippen molar-refractivity contribution >= 4 is 29.1 Å². The number of aromatic nitrogens is 3. The Balaban J connectivity index is 1.48. The molecule has 1 unspecified atom stereocenters. The lowest BCUT2D eigenvalue weighted by atomic mass is 10.1. The molecule has 1 saturated heterocycles. The predicted octanol–water partition coefficient (Wildman–Crippen LogP) is 2.52. The first-order chi connectivity index (χ1) is 13.6. The number of benzene rings is 2. The SMILES string of the molecule is O=C(NC1CCN(c2cccc(Cl)c2)C1=O)c1ccccc1Cn1cncn1. The summed E-state index contributed by atoms with van der Waals surface area (Å²) in [5.74, 6) is -0.411. The number of rotatable bonds is 5. The molecular weight excluding hydrogens is 378 g/mol. The Morgan fingerprint density at radius 2 is 2.07 bits per heavy atom. The van der Waals surface area contributed by atoms with Crippen molar-refractivity contribution in [1.29, 1.82) is 0 Å². The molecule has 7 nitrogen and oxygen atoms in total. The molecule has 0 aliphatic carbocycles. The summed E-state index contributed by atoms with van der Waals surface area (Å²) in [6.07, 6.45) is 3.59. The molecule has 4 rings (SSSR count). The highest BCUT2D eigenvalue weighted by atomic mass is 35.5. The fourth-order valence-electron chi connectivity index (χ4n) is 3.32. The van der Waals surface area contributed by atoms with Gasteiger partial charge in [-0.15, -0.1) is 0 Å². The van der Waals surface area contributed by atoms with E-state index in [1.165, 1.54) is 6.33 Å². The zero-order valence-corrected chi connectivity index (χ0v) is 15.7. The molecule has 1 aromatic heterocycles. The van der Waals surface area contributed by atoms with E-state index in [-0.39, 0.29) is 11.8 Å². The van der Waals surface area contributed by atoms with Crippen LogP contribution in [-0.2, 0) is 11.3 Å². The molecule has 142 valence electrons. The molecule has 1 aliphatic rings. The summed E-state index contributed by atoms with van der Waals surface area (Å²) in [4.78, 5) is 31.2. The second-order valence-corrected chi connectivity index (χ2v) is 6.97. The second-order valence-electron chi connectivity index (χ2n) is 6.53. The van der Waals surface area contributed by atoms with Crippen molar-refractivity contribution < 1.29 is 9.59 Å². The van der Waals surface area contributed by atoms with E-state index in [0.717, 1.165) is 11.3 Å². The predicted molar refractivity (Wildman–Crippen MR) is 105 cm³/mol. The molecule has 0 saturated carbocycles. The quantitative estimate of drug-likeness (QED) is 0.719. The molecule has 1 atom stereocenters. The average molecular weight is 396 g/mol. The summed E-state index contributed by atoms with van der Waals surface area (Å²) in [5, 5.41) is 7.52. The van der Waals surface area contributed by atoms with Crippen LogP contribution in [0.1, 0.15) is 22.3 Å². The lowest BCUT2D eigenvalue weighted by Crippen LogP contribution is -2.41. The van der Waals surface area contributed by atoms with Gasteiger partial charge in [0.25, 0.3) is 5.91 Å². The Morgan fingerprint density at radius 1 is 1.21 bits per heavy atom. The molecule has 2 aromatic carbocycles. The summed E-state index contributed by atoms with van der Waals surface area (Å²) in [5.41, 5.74) is 2.07. The van der Waals surface area contributed by atoms with Crippen LogP contribution in [-0.4, -0.2) is 39.2 Å². The van der Waals surface area contributed by atoms with Crippen molar-refractivity contribution in [1.82, 2.24) is 20.1 Å². The van der Waals surface area contributed by atoms with Gasteiger partial charge in [0.1, 0.15) is 18.7 Å². The molecule has 0 bridgehead atoms. The molecule has 1 aliphatic heterocycles. The number of halogens is 1. The van der Waals surface area contributed by atoms with Gasteiger partial charge < -0.3 is 10.2 Å². The van der Waals surface area contributed by atoms with Crippen molar-refractivity contribution in [2.24, 2.45) is 0 Å². The summed E-state index contributed by atoms with van der Waals surface area (Å²) < 4.78 is 1.65. The number of nitrogens with zero attached hydrogens (tertiary/aromatic N) is 4. The molecule has 1 fully saturated rings. The average Bonchev–Trinajstić information content (AvgIpc) is 3.32. The zero-order valence-electron chi connectivity index (χ0n) is 15.0. The molecule has 2 heterocycles. The molecule has 2 amide bonds. The smallest absolute Gasteiger partial charge is 0.252 e. The van der Waals surface area contributed by atoms with Crippen molar-refractivity contribution in [2.75, 3.05) is 11.4 Å². The minimum atomic E-state index is -0.564. The van der Waals surface area contributed by atoms with Crippen molar-refractivity contribution in [3.05, 3.63) is 77.3 Å². The van der Waals surface area contributed by atoms with Gasteiger partial charge in [-0.2, -0.15) is 5.10 Å². The van der Waals surface area contributed by atoms with E-state index < -0.39 is 6.04 Å². The van der Waals surface area contributed by atoms with Gasteiger partial charge >= 0.3 is 0 Å². The number of hydrogen-bond acceptors (Lipinski definition) is 4. The van der Waals surface area contributed by atoms with Crippen molar-refractivity contribution in [3.8, 4) is 0 Å². The summed E-state index contributed by atoms with van der Waals surface area (Å²) in [6, 6.07) is 13.9. The van der Waals surface area contributed by atoms with Crippen LogP contribution in [0.2, 0.25) is 5.02 Å². The fourth-order valence-corrected chi connectivity index (χ4v) is 3.50. The van der Waals surface area contributed by atoms with Crippen LogP contribution < -0.4 is 10.2 Å². The lowest BCUT2D eigenvalue weighted by Gasteiger charge is -2.18. The van der Waals surface area contributed by atoms with Gasteiger partial charge in [-0.25, -0.2) is 9.67 Å². The van der Waals surface area contributed by atoms with Gasteiger partial charge in [-0.05, 0) is 36.2 Å². The molecule has 1 N–H and O–H groups in total. The van der Waals surface area contributed by atoms with Crippen LogP contribution in [0, 0.1) is 0 Å². The first-order valence-electron chi connectivity index (χ1n) is 8.90. The number of nitrogens with one attached hydrogen (secondary N) is 1. The highest BCUT2D eigenvalue weighted by Crippen LogP contribution is 2.24. The Kier molecular flexibility index (Phi) is 5.08. The van der Waals surface area contributed by atoms with Gasteiger partial charge in [0.05, 0.1) is 6.54 Å². The summed E-state index contributed by atoms with van der Waals surface area (Å²) >= 11 is 6.03. The van der Waals surface area contributed by atoms with Crippen LogP contribution in [0.15, 0.2) is 61.2 Å². The van der Waals surface area contributed by atoms with E-state index >= 15 is 0 Å². The van der Waals surface area contributed by atoms with Crippen LogP contribution in [0.25, 0.3) is 0 Å². The summed E-state index contributed by atoms with van der Waals surface area (Å²) in [7, 11) is 0. The van der Waals surface area contributed by atoms with Gasteiger partial charge in [0.15, 0.2) is 0 Å². The topological polar surface area (TPSA) is 80.1 Å². The largest absolute Gasteiger partial charge is 0.340 e. The highest BCUT2D eigenvalue weighted by molar-refractivity contribution is 6.31.